The summed E-state index contributed by atoms with van der Waals surface area (Å²) >= 11 is 1.66. The second-order valence-electron chi connectivity index (χ2n) is 6.12. The van der Waals surface area contributed by atoms with Gasteiger partial charge in [-0.3, -0.25) is 9.78 Å². The molecule has 0 saturated carbocycles. The molecule has 1 N–H and O–H groups in total. The van der Waals surface area contributed by atoms with Crippen LogP contribution < -0.4 is 10.1 Å². The van der Waals surface area contributed by atoms with E-state index in [1.165, 1.54) is 4.88 Å². The van der Waals surface area contributed by atoms with Crippen molar-refractivity contribution in [1.82, 2.24) is 15.3 Å². The van der Waals surface area contributed by atoms with Crippen LogP contribution in [0.2, 0.25) is 0 Å². The van der Waals surface area contributed by atoms with Gasteiger partial charge < -0.3 is 10.1 Å². The number of thiazole rings is 1. The molecule has 3 rings (SSSR count). The number of aromatic nitrogens is 2. The Hall–Kier alpha value is -2.73. The average Bonchev–Trinajstić information content (AvgIpc) is 3.05. The predicted octanol–water partition coefficient (Wildman–Crippen LogP) is 3.81. The third-order valence-electron chi connectivity index (χ3n) is 4.07. The van der Waals surface area contributed by atoms with E-state index in [4.69, 9.17) is 4.74 Å². The minimum Gasteiger partial charge on any atom is -0.494 e. The maximum absolute atomic E-state index is 12.2. The molecule has 0 aliphatic carbocycles. The summed E-state index contributed by atoms with van der Waals surface area (Å²) in [6.07, 6.45) is 4.72. The number of aryl methyl sites for hydroxylation is 1. The number of amides is 1. The SMILES string of the molecule is CCOc1ccc(CC(=O)NCCc2sc(-c3cccnc3)nc2C)cc1. The van der Waals surface area contributed by atoms with E-state index in [0.717, 1.165) is 34.0 Å². The van der Waals surface area contributed by atoms with E-state index in [1.807, 2.05) is 56.4 Å². The third kappa shape index (κ3) is 5.37. The Morgan fingerprint density at radius 2 is 2.04 bits per heavy atom. The van der Waals surface area contributed by atoms with Gasteiger partial charge in [0.15, 0.2) is 0 Å². The normalized spacial score (nSPS) is 10.6. The lowest BCUT2D eigenvalue weighted by molar-refractivity contribution is -0.120. The molecule has 0 radical (unpaired) electrons. The van der Waals surface area contributed by atoms with Crippen molar-refractivity contribution in [3.8, 4) is 16.3 Å². The van der Waals surface area contributed by atoms with Gasteiger partial charge in [0, 0.05) is 35.8 Å². The first-order valence-corrected chi connectivity index (χ1v) is 9.82. The molecule has 3 aromatic rings. The number of rotatable bonds is 8. The molecular weight excluding hydrogens is 358 g/mol. The molecule has 5 nitrogen and oxygen atoms in total. The van der Waals surface area contributed by atoms with E-state index in [2.05, 4.69) is 15.3 Å². The number of carbonyl (C=O) groups excluding carboxylic acids is 1. The van der Waals surface area contributed by atoms with Gasteiger partial charge in [0.25, 0.3) is 0 Å². The third-order valence-corrected chi connectivity index (χ3v) is 5.34. The van der Waals surface area contributed by atoms with Crippen LogP contribution in [0.15, 0.2) is 48.8 Å². The fraction of sp³-hybridized carbons (Fsp3) is 0.286. The molecule has 2 heterocycles. The number of hydrogen-bond donors (Lipinski definition) is 1. The van der Waals surface area contributed by atoms with Crippen LogP contribution in [-0.4, -0.2) is 29.0 Å². The molecule has 2 aromatic heterocycles. The van der Waals surface area contributed by atoms with Gasteiger partial charge in [0.05, 0.1) is 18.7 Å². The van der Waals surface area contributed by atoms with E-state index in [0.29, 0.717) is 19.6 Å². The molecule has 0 spiro atoms. The van der Waals surface area contributed by atoms with Gasteiger partial charge in [0.2, 0.25) is 5.91 Å². The Bertz CT molecular complexity index is 876. The minimum atomic E-state index is 0.0220. The number of carbonyl (C=O) groups is 1. The smallest absolute Gasteiger partial charge is 0.224 e. The Balaban J connectivity index is 1.49. The van der Waals surface area contributed by atoms with E-state index >= 15 is 0 Å². The fourth-order valence-electron chi connectivity index (χ4n) is 2.71. The number of nitrogens with zero attached hydrogens (tertiary/aromatic N) is 2. The zero-order valence-corrected chi connectivity index (χ0v) is 16.4. The average molecular weight is 382 g/mol. The Kier molecular flexibility index (Phi) is 6.54. The second kappa shape index (κ2) is 9.28. The first-order valence-electron chi connectivity index (χ1n) is 9.01. The first-order chi connectivity index (χ1) is 13.2. The van der Waals surface area contributed by atoms with Crippen molar-refractivity contribution in [3.05, 3.63) is 64.9 Å². The summed E-state index contributed by atoms with van der Waals surface area (Å²) in [4.78, 5) is 22.1. The molecule has 27 heavy (non-hydrogen) atoms. The van der Waals surface area contributed by atoms with Gasteiger partial charge in [-0.25, -0.2) is 4.98 Å². The molecule has 6 heteroatoms. The maximum Gasteiger partial charge on any atom is 0.224 e. The maximum atomic E-state index is 12.2. The van der Waals surface area contributed by atoms with Gasteiger partial charge in [0.1, 0.15) is 10.8 Å². The van der Waals surface area contributed by atoms with Crippen LogP contribution >= 0.6 is 11.3 Å². The highest BCUT2D eigenvalue weighted by Crippen LogP contribution is 2.27. The van der Waals surface area contributed by atoms with Crippen molar-refractivity contribution in [2.45, 2.75) is 26.7 Å². The molecule has 0 saturated heterocycles. The number of ether oxygens (including phenoxy) is 1. The zero-order valence-electron chi connectivity index (χ0n) is 15.6. The van der Waals surface area contributed by atoms with Crippen LogP contribution in [0.3, 0.4) is 0 Å². The van der Waals surface area contributed by atoms with Crippen molar-refractivity contribution in [3.63, 3.8) is 0 Å². The van der Waals surface area contributed by atoms with Crippen LogP contribution in [0.4, 0.5) is 0 Å². The molecule has 0 fully saturated rings. The topological polar surface area (TPSA) is 64.1 Å². The van der Waals surface area contributed by atoms with E-state index in [1.54, 1.807) is 17.5 Å². The number of nitrogens with one attached hydrogen (secondary N) is 1. The molecular formula is C21H23N3O2S. The largest absolute Gasteiger partial charge is 0.494 e. The van der Waals surface area contributed by atoms with Crippen molar-refractivity contribution >= 4 is 17.2 Å². The van der Waals surface area contributed by atoms with Crippen LogP contribution in [0.5, 0.6) is 5.75 Å². The van der Waals surface area contributed by atoms with E-state index in [9.17, 15) is 4.79 Å². The van der Waals surface area contributed by atoms with Gasteiger partial charge in [-0.2, -0.15) is 0 Å². The van der Waals surface area contributed by atoms with E-state index in [-0.39, 0.29) is 5.91 Å². The fourth-order valence-corrected chi connectivity index (χ4v) is 3.76. The summed E-state index contributed by atoms with van der Waals surface area (Å²) in [5.74, 6) is 0.848. The summed E-state index contributed by atoms with van der Waals surface area (Å²) in [6.45, 7) is 5.20. The second-order valence-corrected chi connectivity index (χ2v) is 7.21. The summed E-state index contributed by atoms with van der Waals surface area (Å²) < 4.78 is 5.42. The summed E-state index contributed by atoms with van der Waals surface area (Å²) in [5, 5.41) is 3.96. The molecule has 0 unspecified atom stereocenters. The number of pyridine rings is 1. The zero-order chi connectivity index (χ0) is 19.1. The molecule has 0 aliphatic rings. The van der Waals surface area contributed by atoms with Crippen LogP contribution in [0, 0.1) is 6.92 Å². The van der Waals surface area contributed by atoms with Crippen LogP contribution in [0.25, 0.3) is 10.6 Å². The minimum absolute atomic E-state index is 0.0220. The molecule has 0 atom stereocenters. The van der Waals surface area contributed by atoms with Gasteiger partial charge in [-0.05, 0) is 43.7 Å². The van der Waals surface area contributed by atoms with Crippen molar-refractivity contribution < 1.29 is 9.53 Å². The monoisotopic (exact) mass is 381 g/mol. The van der Waals surface area contributed by atoms with Crippen molar-refractivity contribution in [1.29, 1.82) is 0 Å². The molecule has 1 amide bonds. The Labute approximate surface area is 163 Å². The standard InChI is InChI=1S/C21H23N3O2S/c1-3-26-18-8-6-16(7-9-18)13-20(25)23-12-10-19-15(2)24-21(27-19)17-5-4-11-22-14-17/h4-9,11,14H,3,10,12-13H2,1-2H3,(H,23,25). The summed E-state index contributed by atoms with van der Waals surface area (Å²) in [6, 6.07) is 11.6. The number of hydrogen-bond acceptors (Lipinski definition) is 5. The highest BCUT2D eigenvalue weighted by molar-refractivity contribution is 7.15. The number of benzene rings is 1. The Morgan fingerprint density at radius 1 is 1.22 bits per heavy atom. The van der Waals surface area contributed by atoms with Gasteiger partial charge >= 0.3 is 0 Å². The van der Waals surface area contributed by atoms with Crippen LogP contribution in [0.1, 0.15) is 23.1 Å². The van der Waals surface area contributed by atoms with Crippen molar-refractivity contribution in [2.75, 3.05) is 13.2 Å². The summed E-state index contributed by atoms with van der Waals surface area (Å²) in [5.41, 5.74) is 3.01. The van der Waals surface area contributed by atoms with Crippen molar-refractivity contribution in [2.24, 2.45) is 0 Å². The quantitative estimate of drug-likeness (QED) is 0.644. The summed E-state index contributed by atoms with van der Waals surface area (Å²) in [7, 11) is 0. The lowest BCUT2D eigenvalue weighted by atomic mass is 10.1. The lowest BCUT2D eigenvalue weighted by Gasteiger charge is -2.06. The Morgan fingerprint density at radius 3 is 2.74 bits per heavy atom. The molecule has 0 aliphatic heterocycles. The molecule has 0 bridgehead atoms. The van der Waals surface area contributed by atoms with Crippen LogP contribution in [-0.2, 0) is 17.6 Å². The van der Waals surface area contributed by atoms with Gasteiger partial charge in [-0.1, -0.05) is 12.1 Å². The van der Waals surface area contributed by atoms with Gasteiger partial charge in [-0.15, -0.1) is 11.3 Å². The predicted molar refractivity (Wildman–Crippen MR) is 108 cm³/mol. The molecule has 140 valence electrons. The molecule has 1 aromatic carbocycles. The van der Waals surface area contributed by atoms with E-state index < -0.39 is 0 Å². The highest BCUT2D eigenvalue weighted by Gasteiger charge is 2.10. The lowest BCUT2D eigenvalue weighted by Crippen LogP contribution is -2.27. The first kappa shape index (κ1) is 19.0. The highest BCUT2D eigenvalue weighted by atomic mass is 32.1.